The number of carboxylic acid groups (broad SMARTS) is 1. The van der Waals surface area contributed by atoms with E-state index in [2.05, 4.69) is 21.2 Å². The van der Waals surface area contributed by atoms with E-state index >= 15 is 0 Å². The smallest absolute Gasteiger partial charge is 0.408 e. The van der Waals surface area contributed by atoms with E-state index in [4.69, 9.17) is 14.2 Å². The predicted octanol–water partition coefficient (Wildman–Crippen LogP) is 6.44. The molecule has 1 aliphatic rings. The molecule has 2 N–H and O–H groups in total. The fraction of sp³-hybridized carbons (Fsp3) is 0.300. The van der Waals surface area contributed by atoms with Gasteiger partial charge < -0.3 is 24.6 Å². The summed E-state index contributed by atoms with van der Waals surface area (Å²) in [6.07, 6.45) is -0.307. The summed E-state index contributed by atoms with van der Waals surface area (Å²) in [5.74, 6) is -1.07. The third-order valence-electron chi connectivity index (χ3n) is 6.30. The van der Waals surface area contributed by atoms with Crippen molar-refractivity contribution in [2.75, 3.05) is 0 Å². The molecule has 9 heteroatoms. The van der Waals surface area contributed by atoms with Crippen LogP contribution in [0.5, 0.6) is 11.5 Å². The second-order valence-electron chi connectivity index (χ2n) is 10.4. The van der Waals surface area contributed by atoms with Gasteiger partial charge in [-0.2, -0.15) is 0 Å². The van der Waals surface area contributed by atoms with Crippen LogP contribution in [0.2, 0.25) is 0 Å². The van der Waals surface area contributed by atoms with Crippen molar-refractivity contribution >= 4 is 34.0 Å². The van der Waals surface area contributed by atoms with E-state index in [1.165, 1.54) is 0 Å². The van der Waals surface area contributed by atoms with Gasteiger partial charge in [0.15, 0.2) is 0 Å². The van der Waals surface area contributed by atoms with Gasteiger partial charge in [-0.15, -0.1) is 0 Å². The van der Waals surface area contributed by atoms with E-state index in [9.17, 15) is 19.5 Å². The Morgan fingerprint density at radius 2 is 1.64 bits per heavy atom. The van der Waals surface area contributed by atoms with Gasteiger partial charge in [0.1, 0.15) is 34.8 Å². The molecule has 0 saturated heterocycles. The molecule has 0 spiro atoms. The number of fused-ring (bicyclic) bond motifs is 1. The van der Waals surface area contributed by atoms with E-state index in [1.54, 1.807) is 51.1 Å². The van der Waals surface area contributed by atoms with Gasteiger partial charge in [-0.3, -0.25) is 0 Å². The average Bonchev–Trinajstić information content (AvgIpc) is 2.88. The van der Waals surface area contributed by atoms with Gasteiger partial charge in [-0.25, -0.2) is 14.4 Å². The molecule has 1 amide bonds. The third-order valence-corrected chi connectivity index (χ3v) is 7.04. The molecule has 204 valence electrons. The van der Waals surface area contributed by atoms with Gasteiger partial charge in [0.25, 0.3) is 0 Å². The molecule has 1 atom stereocenters. The summed E-state index contributed by atoms with van der Waals surface area (Å²) in [5.41, 5.74) is 0.196. The number of aliphatic carboxylic acids is 1. The quantitative estimate of drug-likeness (QED) is 0.302. The number of alkyl carbamates (subject to hydrolysis) is 1. The zero-order chi connectivity index (χ0) is 28.2. The minimum atomic E-state index is -1.59. The Labute approximate surface area is 235 Å². The molecule has 0 saturated carbocycles. The lowest BCUT2D eigenvalue weighted by atomic mass is 9.77. The topological polar surface area (TPSA) is 111 Å². The van der Waals surface area contributed by atoms with E-state index in [-0.39, 0.29) is 30.8 Å². The first kappa shape index (κ1) is 28.2. The van der Waals surface area contributed by atoms with Crippen LogP contribution in [0.15, 0.2) is 71.2 Å². The number of carboxylic acids is 1. The molecule has 3 aromatic carbocycles. The third kappa shape index (κ3) is 6.78. The van der Waals surface area contributed by atoms with Gasteiger partial charge in [-0.05, 0) is 69.0 Å². The van der Waals surface area contributed by atoms with Gasteiger partial charge >= 0.3 is 18.0 Å². The van der Waals surface area contributed by atoms with Crippen LogP contribution in [-0.2, 0) is 33.7 Å². The lowest BCUT2D eigenvalue weighted by molar-refractivity contribution is -0.145. The van der Waals surface area contributed by atoms with Crippen LogP contribution in [0.1, 0.15) is 54.2 Å². The number of esters is 1. The highest BCUT2D eigenvalue weighted by molar-refractivity contribution is 9.10. The monoisotopic (exact) mass is 595 g/mol. The number of para-hydroxylation sites is 1. The van der Waals surface area contributed by atoms with Crippen LogP contribution < -0.4 is 10.1 Å². The minimum Gasteiger partial charge on any atom is -0.479 e. The molecular weight excluding hydrogens is 566 g/mol. The maximum Gasteiger partial charge on any atom is 0.408 e. The molecule has 3 aromatic rings. The molecule has 0 aromatic heterocycles. The molecule has 39 heavy (non-hydrogen) atoms. The van der Waals surface area contributed by atoms with E-state index in [0.29, 0.717) is 17.7 Å². The Bertz CT molecular complexity index is 1380. The van der Waals surface area contributed by atoms with Crippen molar-refractivity contribution in [2.45, 2.75) is 57.8 Å². The zero-order valence-corrected chi connectivity index (χ0v) is 23.5. The Morgan fingerprint density at radius 3 is 2.33 bits per heavy atom. The molecule has 1 aliphatic carbocycles. The van der Waals surface area contributed by atoms with Crippen LogP contribution in [-0.4, -0.2) is 34.3 Å². The van der Waals surface area contributed by atoms with Gasteiger partial charge in [-0.1, -0.05) is 58.4 Å². The number of hydrogen-bond donors (Lipinski definition) is 2. The first-order valence-electron chi connectivity index (χ1n) is 12.5. The molecule has 0 unspecified atom stereocenters. The first-order chi connectivity index (χ1) is 18.5. The maximum absolute atomic E-state index is 13.0. The Balaban J connectivity index is 1.61. The van der Waals surface area contributed by atoms with Crippen molar-refractivity contribution in [1.82, 2.24) is 5.32 Å². The summed E-state index contributed by atoms with van der Waals surface area (Å²) in [6.45, 7) is 5.24. The Morgan fingerprint density at radius 1 is 0.949 bits per heavy atom. The average molecular weight is 596 g/mol. The Kier molecular flexibility index (Phi) is 8.30. The number of benzene rings is 3. The second-order valence-corrected chi connectivity index (χ2v) is 11.2. The van der Waals surface area contributed by atoms with Crippen molar-refractivity contribution in [3.8, 4) is 11.5 Å². The fourth-order valence-electron chi connectivity index (χ4n) is 4.42. The number of amides is 1. The summed E-state index contributed by atoms with van der Waals surface area (Å²) in [5, 5.41) is 12.8. The summed E-state index contributed by atoms with van der Waals surface area (Å²) < 4.78 is 17.9. The van der Waals surface area contributed by atoms with Crippen LogP contribution >= 0.6 is 15.9 Å². The summed E-state index contributed by atoms with van der Waals surface area (Å²) >= 11 is 3.56. The van der Waals surface area contributed by atoms with Crippen molar-refractivity contribution in [3.05, 3.63) is 93.5 Å². The van der Waals surface area contributed by atoms with Gasteiger partial charge in [0.2, 0.25) is 0 Å². The number of hydrogen-bond acceptors (Lipinski definition) is 6. The van der Waals surface area contributed by atoms with Crippen LogP contribution in [0, 0.1) is 0 Å². The highest BCUT2D eigenvalue weighted by Crippen LogP contribution is 2.41. The second kappa shape index (κ2) is 11.5. The van der Waals surface area contributed by atoms with E-state index < -0.39 is 29.2 Å². The molecule has 0 fully saturated rings. The molecule has 0 aliphatic heterocycles. The van der Waals surface area contributed by atoms with Gasteiger partial charge in [0, 0.05) is 16.5 Å². The van der Waals surface area contributed by atoms with E-state index in [1.807, 2.05) is 36.4 Å². The summed E-state index contributed by atoms with van der Waals surface area (Å²) in [4.78, 5) is 38.0. The number of carbonyl (C=O) groups excluding carboxylic acids is 2. The molecule has 0 radical (unpaired) electrons. The summed E-state index contributed by atoms with van der Waals surface area (Å²) in [6, 6.07) is 19.6. The van der Waals surface area contributed by atoms with Crippen LogP contribution in [0.3, 0.4) is 0 Å². The molecule has 0 bridgehead atoms. The molecule has 0 heterocycles. The summed E-state index contributed by atoms with van der Waals surface area (Å²) in [7, 11) is 0. The number of nitrogens with one attached hydrogen (secondary N) is 1. The molecule has 4 rings (SSSR count). The fourth-order valence-corrected chi connectivity index (χ4v) is 4.99. The largest absolute Gasteiger partial charge is 0.479 e. The van der Waals surface area contributed by atoms with Crippen molar-refractivity contribution in [1.29, 1.82) is 0 Å². The van der Waals surface area contributed by atoms with Crippen molar-refractivity contribution < 1.29 is 33.7 Å². The van der Waals surface area contributed by atoms with Crippen LogP contribution in [0.4, 0.5) is 4.79 Å². The minimum absolute atomic E-state index is 0.0354. The van der Waals surface area contributed by atoms with E-state index in [0.717, 1.165) is 15.6 Å². The lowest BCUT2D eigenvalue weighted by Gasteiger charge is -2.36. The number of ether oxygens (including phenoxy) is 3. The van der Waals surface area contributed by atoms with Gasteiger partial charge in [0.05, 0.1) is 0 Å². The highest BCUT2D eigenvalue weighted by Gasteiger charge is 2.45. The standard InChI is InChI=1S/C30H30BrNO7/c1-29(2,3)39-28(36)32-30(27(34)35)16-15-20-22(17-30)25(14-13-23(20)31)38-24-12-8-7-11-21(24)26(33)37-18-19-9-5-4-6-10-19/h4-14H,15-18H2,1-3H3,(H,32,36)(H,34,35)/t30-/m0/s1. The Hall–Kier alpha value is -3.85. The predicted molar refractivity (Wildman–Crippen MR) is 148 cm³/mol. The lowest BCUT2D eigenvalue weighted by Crippen LogP contribution is -2.58. The maximum atomic E-state index is 13.0. The highest BCUT2D eigenvalue weighted by atomic mass is 79.9. The zero-order valence-electron chi connectivity index (χ0n) is 22.0. The SMILES string of the molecule is CC(C)(C)OC(=O)N[C@@]1(C(=O)O)CCc2c(Br)ccc(Oc3ccccc3C(=O)OCc3ccccc3)c2C1. The van der Waals surface area contributed by atoms with Crippen LogP contribution in [0.25, 0.3) is 0 Å². The molecule has 8 nitrogen and oxygen atoms in total. The molecular formula is C30H30BrNO7. The normalized spacial score (nSPS) is 16.5. The van der Waals surface area contributed by atoms with Crippen molar-refractivity contribution in [2.24, 2.45) is 0 Å². The number of rotatable bonds is 7. The first-order valence-corrected chi connectivity index (χ1v) is 13.3. The number of carbonyl (C=O) groups is 3. The van der Waals surface area contributed by atoms with Crippen molar-refractivity contribution in [3.63, 3.8) is 0 Å². The number of halogens is 1.